The Bertz CT molecular complexity index is 780. The number of nitrogens with zero attached hydrogens (tertiary/aromatic N) is 3. The molecule has 0 unspecified atom stereocenters. The van der Waals surface area contributed by atoms with E-state index in [9.17, 15) is 4.79 Å². The Morgan fingerprint density at radius 3 is 2.72 bits per heavy atom. The molecular formula is C13H9N3O2. The van der Waals surface area contributed by atoms with Crippen molar-refractivity contribution in [3.63, 3.8) is 0 Å². The molecular weight excluding hydrogens is 230 g/mol. The lowest BCUT2D eigenvalue weighted by Gasteiger charge is -2.03. The normalized spacial score (nSPS) is 10.7. The largest absolute Gasteiger partial charge is 0.402 e. The first-order valence-electron chi connectivity index (χ1n) is 5.43. The number of hydrogen-bond acceptors (Lipinski definition) is 5. The first-order chi connectivity index (χ1) is 8.75. The van der Waals surface area contributed by atoms with E-state index < -0.39 is 5.63 Å². The Morgan fingerprint density at radius 1 is 1.11 bits per heavy atom. The Kier molecular flexibility index (Phi) is 2.37. The van der Waals surface area contributed by atoms with Crippen LogP contribution in [0.1, 0.15) is 5.56 Å². The monoisotopic (exact) mass is 239 g/mol. The zero-order valence-corrected chi connectivity index (χ0v) is 9.62. The van der Waals surface area contributed by atoms with Gasteiger partial charge in [-0.15, -0.1) is 0 Å². The van der Waals surface area contributed by atoms with Gasteiger partial charge in [0.15, 0.2) is 11.2 Å². The zero-order valence-electron chi connectivity index (χ0n) is 9.62. The SMILES string of the molecule is Cc1ccccc1-c1nc2nccnc2c(=O)o1. The smallest absolute Gasteiger partial charge is 0.367 e. The van der Waals surface area contributed by atoms with Gasteiger partial charge in [-0.05, 0) is 18.6 Å². The average molecular weight is 239 g/mol. The van der Waals surface area contributed by atoms with Gasteiger partial charge in [0.25, 0.3) is 0 Å². The second kappa shape index (κ2) is 4.03. The van der Waals surface area contributed by atoms with E-state index in [2.05, 4.69) is 15.0 Å². The third kappa shape index (κ3) is 1.66. The molecule has 1 aromatic carbocycles. The van der Waals surface area contributed by atoms with Crippen LogP contribution in [0.3, 0.4) is 0 Å². The van der Waals surface area contributed by atoms with Crippen LogP contribution in [0.5, 0.6) is 0 Å². The van der Waals surface area contributed by atoms with E-state index in [0.717, 1.165) is 11.1 Å². The summed E-state index contributed by atoms with van der Waals surface area (Å²) in [6.45, 7) is 1.93. The molecule has 3 aromatic rings. The molecule has 0 amide bonds. The van der Waals surface area contributed by atoms with Gasteiger partial charge in [-0.3, -0.25) is 0 Å². The summed E-state index contributed by atoms with van der Waals surface area (Å²) in [6, 6.07) is 7.56. The van der Waals surface area contributed by atoms with Gasteiger partial charge in [-0.25, -0.2) is 14.8 Å². The van der Waals surface area contributed by atoms with Crippen molar-refractivity contribution >= 4 is 11.2 Å². The molecule has 0 saturated carbocycles. The third-order valence-electron chi connectivity index (χ3n) is 2.64. The topological polar surface area (TPSA) is 68.9 Å². The quantitative estimate of drug-likeness (QED) is 0.649. The summed E-state index contributed by atoms with van der Waals surface area (Å²) in [5.74, 6) is 0.270. The number of aromatic nitrogens is 3. The number of fused-ring (bicyclic) bond motifs is 1. The van der Waals surface area contributed by atoms with Crippen molar-refractivity contribution in [1.82, 2.24) is 15.0 Å². The van der Waals surface area contributed by atoms with Gasteiger partial charge in [0, 0.05) is 18.0 Å². The van der Waals surface area contributed by atoms with Gasteiger partial charge >= 0.3 is 5.63 Å². The fourth-order valence-electron chi connectivity index (χ4n) is 1.74. The van der Waals surface area contributed by atoms with Crippen LogP contribution in [0.4, 0.5) is 0 Å². The second-order valence-corrected chi connectivity index (χ2v) is 3.85. The molecule has 0 bridgehead atoms. The van der Waals surface area contributed by atoms with Crippen LogP contribution in [0, 0.1) is 6.92 Å². The summed E-state index contributed by atoms with van der Waals surface area (Å²) in [5, 5.41) is 0. The minimum Gasteiger partial charge on any atom is -0.402 e. The lowest BCUT2D eigenvalue weighted by atomic mass is 10.1. The Balaban J connectivity index is 2.32. The molecule has 0 N–H and O–H groups in total. The molecule has 0 aliphatic rings. The van der Waals surface area contributed by atoms with Crippen molar-refractivity contribution in [2.75, 3.05) is 0 Å². The van der Waals surface area contributed by atoms with Crippen LogP contribution < -0.4 is 5.63 Å². The van der Waals surface area contributed by atoms with Crippen LogP contribution >= 0.6 is 0 Å². The van der Waals surface area contributed by atoms with Crippen molar-refractivity contribution in [2.45, 2.75) is 6.92 Å². The highest BCUT2D eigenvalue weighted by molar-refractivity contribution is 5.70. The van der Waals surface area contributed by atoms with E-state index >= 15 is 0 Å². The summed E-state index contributed by atoms with van der Waals surface area (Å²) >= 11 is 0. The Labute approximate surface area is 102 Å². The van der Waals surface area contributed by atoms with Gasteiger partial charge in [0.05, 0.1) is 0 Å². The van der Waals surface area contributed by atoms with E-state index in [0.29, 0.717) is 5.65 Å². The highest BCUT2D eigenvalue weighted by Crippen LogP contribution is 2.20. The third-order valence-corrected chi connectivity index (χ3v) is 2.64. The Morgan fingerprint density at radius 2 is 1.89 bits per heavy atom. The second-order valence-electron chi connectivity index (χ2n) is 3.85. The summed E-state index contributed by atoms with van der Waals surface area (Å²) in [6.07, 6.45) is 2.94. The summed E-state index contributed by atoms with van der Waals surface area (Å²) in [5.41, 5.74) is 1.69. The van der Waals surface area contributed by atoms with Gasteiger partial charge in [-0.2, -0.15) is 4.98 Å². The highest BCUT2D eigenvalue weighted by Gasteiger charge is 2.11. The van der Waals surface area contributed by atoms with Gasteiger partial charge in [0.1, 0.15) is 0 Å². The van der Waals surface area contributed by atoms with E-state index in [1.807, 2.05) is 31.2 Å². The molecule has 2 aromatic heterocycles. The van der Waals surface area contributed by atoms with Crippen LogP contribution in [0.15, 0.2) is 45.9 Å². The highest BCUT2D eigenvalue weighted by atomic mass is 16.4. The predicted molar refractivity (Wildman–Crippen MR) is 66.0 cm³/mol. The molecule has 3 rings (SSSR count). The van der Waals surface area contributed by atoms with E-state index in [4.69, 9.17) is 4.42 Å². The summed E-state index contributed by atoms with van der Waals surface area (Å²) in [4.78, 5) is 23.9. The molecule has 0 radical (unpaired) electrons. The summed E-state index contributed by atoms with van der Waals surface area (Å²) in [7, 11) is 0. The van der Waals surface area contributed by atoms with Crippen LogP contribution in [-0.4, -0.2) is 15.0 Å². The molecule has 0 spiro atoms. The Hall–Kier alpha value is -2.56. The van der Waals surface area contributed by atoms with Gasteiger partial charge in [-0.1, -0.05) is 18.2 Å². The molecule has 0 aliphatic carbocycles. The van der Waals surface area contributed by atoms with E-state index in [-0.39, 0.29) is 11.4 Å². The van der Waals surface area contributed by atoms with Crippen molar-refractivity contribution in [2.24, 2.45) is 0 Å². The maximum absolute atomic E-state index is 11.8. The van der Waals surface area contributed by atoms with Crippen molar-refractivity contribution in [3.8, 4) is 11.5 Å². The molecule has 5 heteroatoms. The fourth-order valence-corrected chi connectivity index (χ4v) is 1.74. The standard InChI is InChI=1S/C13H9N3O2/c1-8-4-2-3-5-9(8)12-16-11-10(13(17)18-12)14-6-7-15-11/h2-7H,1H3. The minimum absolute atomic E-state index is 0.148. The van der Waals surface area contributed by atoms with Crippen LogP contribution in [0.25, 0.3) is 22.6 Å². The van der Waals surface area contributed by atoms with Gasteiger partial charge in [0.2, 0.25) is 5.89 Å². The van der Waals surface area contributed by atoms with Crippen molar-refractivity contribution in [3.05, 3.63) is 52.6 Å². The van der Waals surface area contributed by atoms with Gasteiger partial charge < -0.3 is 4.42 Å². The molecule has 0 fully saturated rings. The predicted octanol–water partition coefficient (Wildman–Crippen LogP) is 1.95. The average Bonchev–Trinajstić information content (AvgIpc) is 2.39. The first kappa shape index (κ1) is 10.6. The zero-order chi connectivity index (χ0) is 12.5. The first-order valence-corrected chi connectivity index (χ1v) is 5.43. The minimum atomic E-state index is -0.522. The van der Waals surface area contributed by atoms with Crippen molar-refractivity contribution in [1.29, 1.82) is 0 Å². The maximum atomic E-state index is 11.8. The van der Waals surface area contributed by atoms with Crippen LogP contribution in [-0.2, 0) is 0 Å². The lowest BCUT2D eigenvalue weighted by Crippen LogP contribution is -2.06. The maximum Gasteiger partial charge on any atom is 0.367 e. The number of aryl methyl sites for hydroxylation is 1. The lowest BCUT2D eigenvalue weighted by molar-refractivity contribution is 0.515. The molecule has 0 saturated heterocycles. The number of hydrogen-bond donors (Lipinski definition) is 0. The molecule has 5 nitrogen and oxygen atoms in total. The molecule has 0 aliphatic heterocycles. The van der Waals surface area contributed by atoms with E-state index in [1.54, 1.807) is 0 Å². The van der Waals surface area contributed by atoms with E-state index in [1.165, 1.54) is 12.4 Å². The molecule has 18 heavy (non-hydrogen) atoms. The fraction of sp³-hybridized carbons (Fsp3) is 0.0769. The number of benzene rings is 1. The molecule has 0 atom stereocenters. The molecule has 2 heterocycles. The number of rotatable bonds is 1. The molecule has 88 valence electrons. The summed E-state index contributed by atoms with van der Waals surface area (Å²) < 4.78 is 5.19. The van der Waals surface area contributed by atoms with Crippen molar-refractivity contribution < 1.29 is 4.42 Å². The van der Waals surface area contributed by atoms with Crippen LogP contribution in [0.2, 0.25) is 0 Å².